The van der Waals surface area contributed by atoms with Gasteiger partial charge in [-0.15, -0.1) is 0 Å². The summed E-state index contributed by atoms with van der Waals surface area (Å²) in [6.07, 6.45) is 4.26. The van der Waals surface area contributed by atoms with Crippen LogP contribution in [0.1, 0.15) is 12.5 Å². The van der Waals surface area contributed by atoms with Gasteiger partial charge in [-0.1, -0.05) is 40.2 Å². The van der Waals surface area contributed by atoms with Crippen LogP contribution in [-0.4, -0.2) is 4.83 Å². The minimum atomic E-state index is 0.440. The molecule has 1 aromatic carbocycles. The summed E-state index contributed by atoms with van der Waals surface area (Å²) in [7, 11) is 0. The monoisotopic (exact) mass is 336 g/mol. The topological polar surface area (TPSA) is 0 Å². The lowest BCUT2D eigenvalue weighted by Gasteiger charge is -1.95. The molecule has 0 aliphatic heterocycles. The molecule has 0 saturated carbocycles. The Morgan fingerprint density at radius 2 is 2.25 bits per heavy atom. The molecule has 0 fully saturated rings. The molecule has 0 radical (unpaired) electrons. The smallest absolute Gasteiger partial charge is 0.0300 e. The molecule has 1 unspecified atom stereocenters. The summed E-state index contributed by atoms with van der Waals surface area (Å²) in [6, 6.07) is 8.43. The Labute approximate surface area is 95.3 Å². The van der Waals surface area contributed by atoms with Gasteiger partial charge in [0, 0.05) is 8.40 Å². The van der Waals surface area contributed by atoms with Gasteiger partial charge < -0.3 is 0 Å². The lowest BCUT2D eigenvalue weighted by Crippen LogP contribution is -1.80. The van der Waals surface area contributed by atoms with Gasteiger partial charge in [0.05, 0.1) is 0 Å². The number of hydrogen-bond donors (Lipinski definition) is 0. The third kappa shape index (κ3) is 3.72. The van der Waals surface area contributed by atoms with E-state index >= 15 is 0 Å². The van der Waals surface area contributed by atoms with Crippen LogP contribution >= 0.6 is 38.5 Å². The summed E-state index contributed by atoms with van der Waals surface area (Å²) < 4.78 is 1.27. The largest absolute Gasteiger partial charge is 0.0848 e. The number of benzene rings is 1. The van der Waals surface area contributed by atoms with Crippen molar-refractivity contribution in [3.63, 3.8) is 0 Å². The molecule has 0 amide bonds. The van der Waals surface area contributed by atoms with Crippen molar-refractivity contribution in [2.75, 3.05) is 0 Å². The van der Waals surface area contributed by atoms with E-state index in [9.17, 15) is 0 Å². The third-order valence-electron chi connectivity index (χ3n) is 1.40. The van der Waals surface area contributed by atoms with Crippen LogP contribution in [0.4, 0.5) is 0 Å². The molecule has 0 bridgehead atoms. The van der Waals surface area contributed by atoms with Crippen LogP contribution in [0.3, 0.4) is 0 Å². The van der Waals surface area contributed by atoms with Gasteiger partial charge in [0.2, 0.25) is 0 Å². The summed E-state index contributed by atoms with van der Waals surface area (Å²) >= 11 is 5.78. The van der Waals surface area contributed by atoms with Crippen LogP contribution in [0.5, 0.6) is 0 Å². The van der Waals surface area contributed by atoms with Crippen molar-refractivity contribution in [2.24, 2.45) is 0 Å². The molecule has 0 aliphatic carbocycles. The van der Waals surface area contributed by atoms with Gasteiger partial charge in [0.15, 0.2) is 0 Å². The summed E-state index contributed by atoms with van der Waals surface area (Å²) in [4.78, 5) is 0.440. The minimum absolute atomic E-state index is 0.440. The standard InChI is InChI=1S/C10H10BrI/c1-8(11)5-6-9-3-2-4-10(12)7-9/h2-8H,1H3/b6-5+. The van der Waals surface area contributed by atoms with Crippen LogP contribution in [0.25, 0.3) is 6.08 Å². The van der Waals surface area contributed by atoms with Gasteiger partial charge in [0.1, 0.15) is 0 Å². The zero-order valence-electron chi connectivity index (χ0n) is 6.80. The highest BCUT2D eigenvalue weighted by molar-refractivity contribution is 14.1. The quantitative estimate of drug-likeness (QED) is 0.563. The van der Waals surface area contributed by atoms with Gasteiger partial charge in [-0.25, -0.2) is 0 Å². The lowest BCUT2D eigenvalue weighted by molar-refractivity contribution is 1.28. The second-order valence-corrected chi connectivity index (χ2v) is 5.28. The van der Waals surface area contributed by atoms with Crippen molar-refractivity contribution >= 4 is 44.6 Å². The summed E-state index contributed by atoms with van der Waals surface area (Å²) in [5, 5.41) is 0. The molecule has 1 aromatic rings. The van der Waals surface area contributed by atoms with E-state index in [1.54, 1.807) is 0 Å². The SMILES string of the molecule is CC(Br)/C=C/c1cccc(I)c1. The number of halogens is 2. The van der Waals surface area contributed by atoms with Crippen molar-refractivity contribution in [2.45, 2.75) is 11.8 Å². The van der Waals surface area contributed by atoms with Crippen molar-refractivity contribution in [3.8, 4) is 0 Å². The summed E-state index contributed by atoms with van der Waals surface area (Å²) in [5.41, 5.74) is 1.26. The first-order chi connectivity index (χ1) is 5.68. The van der Waals surface area contributed by atoms with Gasteiger partial charge >= 0.3 is 0 Å². The Kier molecular flexibility index (Phi) is 4.29. The molecule has 0 spiro atoms. The van der Waals surface area contributed by atoms with E-state index in [4.69, 9.17) is 0 Å². The summed E-state index contributed by atoms with van der Waals surface area (Å²) in [6.45, 7) is 2.10. The Morgan fingerprint density at radius 3 is 2.83 bits per heavy atom. The molecule has 64 valence electrons. The molecule has 0 N–H and O–H groups in total. The molecule has 0 nitrogen and oxygen atoms in total. The Morgan fingerprint density at radius 1 is 1.50 bits per heavy atom. The highest BCUT2D eigenvalue weighted by atomic mass is 127. The van der Waals surface area contributed by atoms with Crippen LogP contribution in [0.15, 0.2) is 30.3 Å². The third-order valence-corrected chi connectivity index (χ3v) is 2.38. The molecule has 2 heteroatoms. The molecule has 1 rings (SSSR count). The van der Waals surface area contributed by atoms with Gasteiger partial charge in [0.25, 0.3) is 0 Å². The first kappa shape index (κ1) is 10.3. The maximum absolute atomic E-state index is 3.46. The fourth-order valence-electron chi connectivity index (χ4n) is 0.854. The highest BCUT2D eigenvalue weighted by Crippen LogP contribution is 2.10. The van der Waals surface area contributed by atoms with Crippen molar-refractivity contribution in [1.29, 1.82) is 0 Å². The van der Waals surface area contributed by atoms with Crippen LogP contribution in [0, 0.1) is 3.57 Å². The zero-order valence-corrected chi connectivity index (χ0v) is 10.5. The lowest BCUT2D eigenvalue weighted by atomic mass is 10.2. The normalized spacial score (nSPS) is 13.6. The van der Waals surface area contributed by atoms with E-state index in [0.29, 0.717) is 4.83 Å². The second kappa shape index (κ2) is 5.02. The molecular formula is C10H10BrI. The minimum Gasteiger partial charge on any atom is -0.0848 e. The van der Waals surface area contributed by atoms with Crippen molar-refractivity contribution in [1.82, 2.24) is 0 Å². The Balaban J connectivity index is 2.76. The maximum atomic E-state index is 3.46. The molecule has 0 saturated heterocycles. The molecule has 0 aliphatic rings. The van der Waals surface area contributed by atoms with E-state index < -0.39 is 0 Å². The van der Waals surface area contributed by atoms with Crippen LogP contribution in [0.2, 0.25) is 0 Å². The average Bonchev–Trinajstić information content (AvgIpc) is 2.01. The molecule has 1 atom stereocenters. The highest BCUT2D eigenvalue weighted by Gasteiger charge is 1.89. The number of alkyl halides is 1. The number of allylic oxidation sites excluding steroid dienone is 1. The zero-order chi connectivity index (χ0) is 8.97. The number of rotatable bonds is 2. The first-order valence-corrected chi connectivity index (χ1v) is 5.76. The Hall–Kier alpha value is 0.170. The molecule has 0 heterocycles. The van der Waals surface area contributed by atoms with E-state index in [0.717, 1.165) is 0 Å². The number of hydrogen-bond acceptors (Lipinski definition) is 0. The molecule has 12 heavy (non-hydrogen) atoms. The van der Waals surface area contributed by atoms with E-state index in [-0.39, 0.29) is 0 Å². The van der Waals surface area contributed by atoms with E-state index in [1.807, 2.05) is 0 Å². The second-order valence-electron chi connectivity index (χ2n) is 2.59. The maximum Gasteiger partial charge on any atom is 0.0300 e. The van der Waals surface area contributed by atoms with Crippen LogP contribution < -0.4 is 0 Å². The fraction of sp³-hybridized carbons (Fsp3) is 0.200. The van der Waals surface area contributed by atoms with Crippen molar-refractivity contribution < 1.29 is 0 Å². The van der Waals surface area contributed by atoms with Gasteiger partial charge in [-0.3, -0.25) is 0 Å². The predicted octanol–water partition coefficient (Wildman–Crippen LogP) is 4.09. The van der Waals surface area contributed by atoms with Gasteiger partial charge in [-0.05, 0) is 47.2 Å². The molecule has 0 aromatic heterocycles. The predicted molar refractivity (Wildman–Crippen MR) is 66.6 cm³/mol. The Bertz CT molecular complexity index is 279. The van der Waals surface area contributed by atoms with Crippen molar-refractivity contribution in [3.05, 3.63) is 39.5 Å². The first-order valence-electron chi connectivity index (χ1n) is 3.76. The molecular weight excluding hydrogens is 327 g/mol. The summed E-state index contributed by atoms with van der Waals surface area (Å²) in [5.74, 6) is 0. The average molecular weight is 337 g/mol. The van der Waals surface area contributed by atoms with Crippen LogP contribution in [-0.2, 0) is 0 Å². The van der Waals surface area contributed by atoms with E-state index in [2.05, 4.69) is 81.9 Å². The van der Waals surface area contributed by atoms with E-state index in [1.165, 1.54) is 9.13 Å². The fourth-order valence-corrected chi connectivity index (χ4v) is 1.57. The van der Waals surface area contributed by atoms with Gasteiger partial charge in [-0.2, -0.15) is 0 Å².